The lowest BCUT2D eigenvalue weighted by atomic mass is 10.0. The minimum atomic E-state index is -4.80. The zero-order valence-electron chi connectivity index (χ0n) is 19.5. The molecular weight excluding hydrogens is 476 g/mol. The molecule has 0 aliphatic carbocycles. The molecule has 3 aromatic rings. The van der Waals surface area contributed by atoms with Crippen LogP contribution in [-0.4, -0.2) is 23.0 Å². The van der Waals surface area contributed by atoms with E-state index in [1.54, 1.807) is 24.3 Å². The summed E-state index contributed by atoms with van der Waals surface area (Å²) in [4.78, 5) is 21.9. The molecule has 0 unspecified atom stereocenters. The van der Waals surface area contributed by atoms with Crippen molar-refractivity contribution in [3.05, 3.63) is 96.2 Å². The van der Waals surface area contributed by atoms with Gasteiger partial charge in [-0.3, -0.25) is 4.79 Å². The molecule has 0 bridgehead atoms. The fraction of sp³-hybridized carbons (Fsp3) is 0.192. The van der Waals surface area contributed by atoms with E-state index >= 15 is 0 Å². The van der Waals surface area contributed by atoms with Crippen molar-refractivity contribution in [1.29, 1.82) is 0 Å². The topological polar surface area (TPSA) is 81.3 Å². The maximum atomic E-state index is 14.2. The fourth-order valence-electron chi connectivity index (χ4n) is 3.68. The number of ether oxygens (including phenoxy) is 1. The fourth-order valence-corrected chi connectivity index (χ4v) is 3.68. The van der Waals surface area contributed by atoms with Gasteiger partial charge in [0.05, 0.1) is 35.9 Å². The van der Waals surface area contributed by atoms with E-state index in [-0.39, 0.29) is 12.1 Å². The van der Waals surface area contributed by atoms with Gasteiger partial charge >= 0.3 is 6.18 Å². The van der Waals surface area contributed by atoms with Gasteiger partial charge in [0.2, 0.25) is 5.88 Å². The predicted molar refractivity (Wildman–Crippen MR) is 129 cm³/mol. The molecule has 188 valence electrons. The van der Waals surface area contributed by atoms with E-state index in [2.05, 4.69) is 23.1 Å². The molecule has 0 atom stereocenters. The van der Waals surface area contributed by atoms with Crippen molar-refractivity contribution in [1.82, 2.24) is 9.97 Å². The Bertz CT molecular complexity index is 1290. The van der Waals surface area contributed by atoms with Crippen LogP contribution >= 0.6 is 0 Å². The first-order chi connectivity index (χ1) is 17.1. The van der Waals surface area contributed by atoms with E-state index in [0.717, 1.165) is 6.20 Å². The Morgan fingerprint density at radius 3 is 2.44 bits per heavy atom. The first-order valence-electron chi connectivity index (χ1n) is 10.8. The van der Waals surface area contributed by atoms with Crippen LogP contribution in [0.15, 0.2) is 67.9 Å². The number of hydrogen-bond donors (Lipinski definition) is 1. The number of methoxy groups -OCH3 is 1. The molecule has 2 aromatic heterocycles. The number of halogens is 4. The van der Waals surface area contributed by atoms with Crippen molar-refractivity contribution in [2.45, 2.75) is 25.4 Å². The average molecular weight is 500 g/mol. The molecule has 0 radical (unpaired) electrons. The summed E-state index contributed by atoms with van der Waals surface area (Å²) in [7, 11) is 1.44. The second-order valence-electron chi connectivity index (χ2n) is 7.70. The number of allylic oxidation sites excluding steroid dienone is 2. The highest BCUT2D eigenvalue weighted by atomic mass is 19.4. The molecule has 6 nitrogen and oxygen atoms in total. The molecule has 0 aliphatic heterocycles. The van der Waals surface area contributed by atoms with Gasteiger partial charge in [-0.2, -0.15) is 13.2 Å². The first kappa shape index (κ1) is 26.4. The number of rotatable bonds is 10. The zero-order chi connectivity index (χ0) is 26.5. The number of carbonyl (C=O) groups excluding carboxylic acids is 1. The Morgan fingerprint density at radius 2 is 1.83 bits per heavy atom. The second kappa shape index (κ2) is 11.0. The molecule has 0 aliphatic rings. The molecule has 10 heteroatoms. The van der Waals surface area contributed by atoms with Crippen LogP contribution in [0.25, 0.3) is 0 Å². The SMILES string of the molecule is C=CCCc1cc(F)ccc1N(c1cnc(C(F)(F)F)cc1C(N)=O)c1ccc(OC)nc1CC=C. The molecule has 1 aromatic carbocycles. The van der Waals surface area contributed by atoms with Gasteiger partial charge in [0.1, 0.15) is 11.5 Å². The molecule has 3 rings (SSSR count). The number of aryl methyl sites for hydroxylation is 1. The van der Waals surface area contributed by atoms with Crippen molar-refractivity contribution in [2.24, 2.45) is 5.73 Å². The number of amides is 1. The van der Waals surface area contributed by atoms with E-state index in [9.17, 15) is 22.4 Å². The van der Waals surface area contributed by atoms with Gasteiger partial charge in [0, 0.05) is 18.2 Å². The third kappa shape index (κ3) is 5.70. The van der Waals surface area contributed by atoms with Gasteiger partial charge in [-0.25, -0.2) is 14.4 Å². The van der Waals surface area contributed by atoms with Gasteiger partial charge < -0.3 is 15.4 Å². The van der Waals surface area contributed by atoms with Crippen molar-refractivity contribution < 1.29 is 27.1 Å². The summed E-state index contributed by atoms with van der Waals surface area (Å²) in [6, 6.07) is 7.79. The maximum absolute atomic E-state index is 14.2. The van der Waals surface area contributed by atoms with Crippen LogP contribution in [0.2, 0.25) is 0 Å². The molecule has 0 saturated carbocycles. The number of aromatic nitrogens is 2. The van der Waals surface area contributed by atoms with Gasteiger partial charge in [-0.15, -0.1) is 13.2 Å². The number of carbonyl (C=O) groups is 1. The predicted octanol–water partition coefficient (Wildman–Crippen LogP) is 6.06. The summed E-state index contributed by atoms with van der Waals surface area (Å²) in [5.41, 5.74) is 5.56. The Hall–Kier alpha value is -4.21. The monoisotopic (exact) mass is 500 g/mol. The highest BCUT2D eigenvalue weighted by Crippen LogP contribution is 2.42. The first-order valence-corrected chi connectivity index (χ1v) is 10.8. The number of hydrogen-bond acceptors (Lipinski definition) is 5. The minimum absolute atomic E-state index is 0.0285. The Kier molecular flexibility index (Phi) is 8.08. The summed E-state index contributed by atoms with van der Waals surface area (Å²) in [6.45, 7) is 7.44. The van der Waals surface area contributed by atoms with E-state index in [0.29, 0.717) is 47.4 Å². The summed E-state index contributed by atoms with van der Waals surface area (Å²) in [5, 5.41) is 0. The van der Waals surface area contributed by atoms with E-state index in [1.807, 2.05) is 0 Å². The minimum Gasteiger partial charge on any atom is -0.481 e. The highest BCUT2D eigenvalue weighted by molar-refractivity contribution is 6.01. The lowest BCUT2D eigenvalue weighted by molar-refractivity contribution is -0.141. The summed E-state index contributed by atoms with van der Waals surface area (Å²) < 4.78 is 59.6. The Balaban J connectivity index is 2.40. The van der Waals surface area contributed by atoms with E-state index in [1.165, 1.54) is 30.2 Å². The average Bonchev–Trinajstić information content (AvgIpc) is 2.84. The molecule has 2 N–H and O–H groups in total. The van der Waals surface area contributed by atoms with Crippen LogP contribution in [0.5, 0.6) is 5.88 Å². The number of nitrogens with zero attached hydrogens (tertiary/aromatic N) is 3. The van der Waals surface area contributed by atoms with Crippen LogP contribution in [0, 0.1) is 5.82 Å². The molecule has 2 heterocycles. The number of benzene rings is 1. The molecule has 0 fully saturated rings. The van der Waals surface area contributed by atoms with Gasteiger partial charge in [-0.05, 0) is 48.7 Å². The van der Waals surface area contributed by atoms with E-state index < -0.39 is 29.2 Å². The van der Waals surface area contributed by atoms with Crippen LogP contribution in [-0.2, 0) is 19.0 Å². The zero-order valence-corrected chi connectivity index (χ0v) is 19.5. The van der Waals surface area contributed by atoms with Crippen molar-refractivity contribution in [2.75, 3.05) is 12.0 Å². The lowest BCUT2D eigenvalue weighted by Crippen LogP contribution is -2.22. The molecule has 36 heavy (non-hydrogen) atoms. The number of pyridine rings is 2. The standard InChI is InChI=1S/C26H24F4N4O2/c1-4-6-8-16-13-17(27)9-10-20(16)34(21-11-12-24(36-3)33-19(21)7-5-2)22-15-32-23(26(28,29)30)14-18(22)25(31)35/h4-5,9-15H,1-2,6-8H2,3H3,(H2,31,35). The Labute approximate surface area is 205 Å². The molecule has 0 spiro atoms. The number of primary amides is 1. The number of nitrogens with two attached hydrogens (primary N) is 1. The van der Waals surface area contributed by atoms with Crippen LogP contribution in [0.3, 0.4) is 0 Å². The normalized spacial score (nSPS) is 11.1. The smallest absolute Gasteiger partial charge is 0.433 e. The van der Waals surface area contributed by atoms with Gasteiger partial charge in [-0.1, -0.05) is 12.2 Å². The maximum Gasteiger partial charge on any atom is 0.433 e. The second-order valence-corrected chi connectivity index (χ2v) is 7.70. The summed E-state index contributed by atoms with van der Waals surface area (Å²) in [6.07, 6.45) is 0.496. The van der Waals surface area contributed by atoms with Crippen molar-refractivity contribution in [3.63, 3.8) is 0 Å². The van der Waals surface area contributed by atoms with Crippen molar-refractivity contribution in [3.8, 4) is 5.88 Å². The Morgan fingerprint density at radius 1 is 1.11 bits per heavy atom. The quantitative estimate of drug-likeness (QED) is 0.270. The summed E-state index contributed by atoms with van der Waals surface area (Å²) >= 11 is 0. The molecular formula is C26H24F4N4O2. The molecule has 1 amide bonds. The van der Waals surface area contributed by atoms with Crippen molar-refractivity contribution >= 4 is 23.0 Å². The number of anilines is 3. The third-order valence-electron chi connectivity index (χ3n) is 5.29. The van der Waals surface area contributed by atoms with Crippen LogP contribution in [0.4, 0.5) is 34.6 Å². The van der Waals surface area contributed by atoms with Crippen LogP contribution < -0.4 is 15.4 Å². The number of alkyl halides is 3. The summed E-state index contributed by atoms with van der Waals surface area (Å²) in [5.74, 6) is -1.30. The molecule has 0 saturated heterocycles. The van der Waals surface area contributed by atoms with Gasteiger partial charge in [0.15, 0.2) is 0 Å². The van der Waals surface area contributed by atoms with Gasteiger partial charge in [0.25, 0.3) is 5.91 Å². The van der Waals surface area contributed by atoms with Crippen LogP contribution in [0.1, 0.15) is 33.7 Å². The van der Waals surface area contributed by atoms with E-state index in [4.69, 9.17) is 10.5 Å². The third-order valence-corrected chi connectivity index (χ3v) is 5.29. The highest BCUT2D eigenvalue weighted by Gasteiger charge is 2.35. The largest absolute Gasteiger partial charge is 0.481 e. The lowest BCUT2D eigenvalue weighted by Gasteiger charge is -2.30.